The summed E-state index contributed by atoms with van der Waals surface area (Å²) in [5, 5.41) is 0. The first-order valence-electron chi connectivity index (χ1n) is 9.35. The van der Waals surface area contributed by atoms with E-state index in [1.54, 1.807) is 0 Å². The molecule has 1 atom stereocenters. The van der Waals surface area contributed by atoms with E-state index in [1.807, 2.05) is 0 Å². The van der Waals surface area contributed by atoms with Crippen LogP contribution in [0.5, 0.6) is 0 Å². The predicted molar refractivity (Wildman–Crippen MR) is 105 cm³/mol. The molecule has 1 aromatic carbocycles. The molecule has 1 aliphatic rings. The van der Waals surface area contributed by atoms with E-state index in [2.05, 4.69) is 89.2 Å². The molecule has 24 heavy (non-hydrogen) atoms. The maximum Gasteiger partial charge on any atom is 0.0725 e. The summed E-state index contributed by atoms with van der Waals surface area (Å²) in [6.07, 6.45) is 0. The largest absolute Gasteiger partial charge is 0.368 e. The topological polar surface area (TPSA) is 9.23 Å². The van der Waals surface area contributed by atoms with Crippen molar-refractivity contribution in [2.45, 2.75) is 106 Å². The molecule has 0 fully saturated rings. The number of rotatable bonds is 0. The minimum absolute atomic E-state index is 0.0551. The lowest BCUT2D eigenvalue weighted by atomic mass is 9.62. The van der Waals surface area contributed by atoms with Crippen LogP contribution in [-0.4, -0.2) is 11.2 Å². The van der Waals surface area contributed by atoms with Crippen LogP contribution in [0.2, 0.25) is 0 Å². The number of benzene rings is 1. The van der Waals surface area contributed by atoms with Crippen molar-refractivity contribution in [2.24, 2.45) is 5.41 Å². The second-order valence-corrected chi connectivity index (χ2v) is 10.6. The standard InChI is InChI=1S/C23H38O/c1-14-13-15(2)17-18(16(14)3)21(7,8)23(11,12)24-22(9,10)19(17)20(4,5)6/h13,19H,1-12H3. The van der Waals surface area contributed by atoms with Crippen LogP contribution < -0.4 is 0 Å². The van der Waals surface area contributed by atoms with Gasteiger partial charge in [-0.25, -0.2) is 0 Å². The Bertz CT molecular complexity index is 654. The molecule has 0 N–H and O–H groups in total. The quantitative estimate of drug-likeness (QED) is 0.520. The molecule has 2 rings (SSSR count). The molecule has 1 heteroatoms. The molecular weight excluding hydrogens is 292 g/mol. The normalized spacial score (nSPS) is 25.1. The number of aryl methyl sites for hydroxylation is 2. The highest BCUT2D eigenvalue weighted by Gasteiger charge is 2.54. The monoisotopic (exact) mass is 330 g/mol. The van der Waals surface area contributed by atoms with Crippen LogP contribution in [0.15, 0.2) is 6.07 Å². The SMILES string of the molecule is Cc1cc(C)c2c(c1C)C(C)(C)C(C)(C)OC(C)(C)C2C(C)(C)C. The van der Waals surface area contributed by atoms with Gasteiger partial charge in [-0.2, -0.15) is 0 Å². The summed E-state index contributed by atoms with van der Waals surface area (Å²) >= 11 is 0. The Kier molecular flexibility index (Phi) is 4.34. The van der Waals surface area contributed by atoms with Gasteiger partial charge in [-0.15, -0.1) is 0 Å². The van der Waals surface area contributed by atoms with Crippen molar-refractivity contribution in [1.82, 2.24) is 0 Å². The van der Waals surface area contributed by atoms with Gasteiger partial charge in [0.25, 0.3) is 0 Å². The molecule has 0 radical (unpaired) electrons. The van der Waals surface area contributed by atoms with Gasteiger partial charge in [0.2, 0.25) is 0 Å². The first-order valence-corrected chi connectivity index (χ1v) is 9.35. The lowest BCUT2D eigenvalue weighted by Crippen LogP contribution is -2.50. The Morgan fingerprint density at radius 1 is 0.875 bits per heavy atom. The third kappa shape index (κ3) is 2.73. The van der Waals surface area contributed by atoms with Crippen LogP contribution >= 0.6 is 0 Å². The summed E-state index contributed by atoms with van der Waals surface area (Å²) in [4.78, 5) is 0. The fourth-order valence-corrected chi connectivity index (χ4v) is 5.25. The summed E-state index contributed by atoms with van der Waals surface area (Å²) in [5.74, 6) is 0.348. The lowest BCUT2D eigenvalue weighted by Gasteiger charge is -2.47. The highest BCUT2D eigenvalue weighted by Crippen LogP contribution is 2.56. The molecule has 0 amide bonds. The van der Waals surface area contributed by atoms with E-state index in [0.29, 0.717) is 5.92 Å². The van der Waals surface area contributed by atoms with Crippen molar-refractivity contribution in [2.75, 3.05) is 0 Å². The molecule has 1 aromatic rings. The Balaban J connectivity index is 3.04. The fourth-order valence-electron chi connectivity index (χ4n) is 5.25. The van der Waals surface area contributed by atoms with Crippen LogP contribution in [0.25, 0.3) is 0 Å². The predicted octanol–water partition coefficient (Wildman–Crippen LogP) is 6.61. The van der Waals surface area contributed by atoms with Crippen molar-refractivity contribution >= 4 is 0 Å². The number of hydrogen-bond acceptors (Lipinski definition) is 1. The molecule has 1 nitrogen and oxygen atoms in total. The molecule has 0 aliphatic carbocycles. The minimum atomic E-state index is -0.240. The highest BCUT2D eigenvalue weighted by atomic mass is 16.5. The van der Waals surface area contributed by atoms with E-state index in [-0.39, 0.29) is 22.0 Å². The minimum Gasteiger partial charge on any atom is -0.368 e. The summed E-state index contributed by atoms with van der Waals surface area (Å²) in [6, 6.07) is 2.37. The van der Waals surface area contributed by atoms with Crippen molar-refractivity contribution in [3.63, 3.8) is 0 Å². The van der Waals surface area contributed by atoms with Crippen LogP contribution in [0.4, 0.5) is 0 Å². The summed E-state index contributed by atoms with van der Waals surface area (Å²) < 4.78 is 6.87. The van der Waals surface area contributed by atoms with Gasteiger partial charge in [0.1, 0.15) is 0 Å². The van der Waals surface area contributed by atoms with Gasteiger partial charge >= 0.3 is 0 Å². The van der Waals surface area contributed by atoms with Crippen molar-refractivity contribution in [3.05, 3.63) is 33.9 Å². The second-order valence-electron chi connectivity index (χ2n) is 10.6. The van der Waals surface area contributed by atoms with Crippen LogP contribution in [0.3, 0.4) is 0 Å². The van der Waals surface area contributed by atoms with Gasteiger partial charge < -0.3 is 4.74 Å². The van der Waals surface area contributed by atoms with Gasteiger partial charge in [-0.1, -0.05) is 40.7 Å². The molecule has 136 valence electrons. The van der Waals surface area contributed by atoms with Gasteiger partial charge in [-0.3, -0.25) is 0 Å². The second kappa shape index (κ2) is 5.34. The van der Waals surface area contributed by atoms with Crippen molar-refractivity contribution < 1.29 is 4.74 Å². The average molecular weight is 331 g/mol. The van der Waals surface area contributed by atoms with E-state index >= 15 is 0 Å². The fraction of sp³-hybridized carbons (Fsp3) is 0.739. The van der Waals surface area contributed by atoms with Crippen LogP contribution in [0, 0.1) is 26.2 Å². The first kappa shape index (κ1) is 19.5. The summed E-state index contributed by atoms with van der Waals surface area (Å²) in [5.41, 5.74) is 6.87. The van der Waals surface area contributed by atoms with Crippen molar-refractivity contribution in [1.29, 1.82) is 0 Å². The van der Waals surface area contributed by atoms with E-state index in [4.69, 9.17) is 4.74 Å². The van der Waals surface area contributed by atoms with E-state index in [0.717, 1.165) is 0 Å². The third-order valence-corrected chi connectivity index (χ3v) is 6.59. The zero-order valence-corrected chi connectivity index (χ0v) is 18.1. The van der Waals surface area contributed by atoms with Gasteiger partial charge in [0, 0.05) is 11.3 Å². The zero-order valence-electron chi connectivity index (χ0n) is 18.1. The number of fused-ring (bicyclic) bond motifs is 1. The maximum absolute atomic E-state index is 6.87. The smallest absolute Gasteiger partial charge is 0.0725 e. The van der Waals surface area contributed by atoms with Crippen LogP contribution in [0.1, 0.15) is 96.0 Å². The van der Waals surface area contributed by atoms with Crippen molar-refractivity contribution in [3.8, 4) is 0 Å². The highest BCUT2D eigenvalue weighted by molar-refractivity contribution is 5.53. The maximum atomic E-state index is 6.87. The molecule has 0 saturated carbocycles. The summed E-state index contributed by atoms with van der Waals surface area (Å²) in [7, 11) is 0. The third-order valence-electron chi connectivity index (χ3n) is 6.59. The molecule has 1 aliphatic heterocycles. The van der Waals surface area contributed by atoms with E-state index < -0.39 is 0 Å². The Hall–Kier alpha value is -0.820. The summed E-state index contributed by atoms with van der Waals surface area (Å²) in [6.45, 7) is 27.7. The molecule has 0 bridgehead atoms. The van der Waals surface area contributed by atoms with Crippen LogP contribution in [-0.2, 0) is 10.2 Å². The van der Waals surface area contributed by atoms with E-state index in [9.17, 15) is 0 Å². The lowest BCUT2D eigenvalue weighted by molar-refractivity contribution is -0.167. The number of ether oxygens (including phenoxy) is 1. The van der Waals surface area contributed by atoms with Gasteiger partial charge in [-0.05, 0) is 81.7 Å². The Morgan fingerprint density at radius 3 is 1.83 bits per heavy atom. The van der Waals surface area contributed by atoms with E-state index in [1.165, 1.54) is 27.8 Å². The molecular formula is C23H38O. The average Bonchev–Trinajstić information content (AvgIpc) is 2.36. The first-order chi connectivity index (χ1) is 10.5. The molecule has 0 aromatic heterocycles. The molecule has 0 spiro atoms. The zero-order chi connectivity index (χ0) is 18.9. The molecule has 1 heterocycles. The van der Waals surface area contributed by atoms with Gasteiger partial charge in [0.15, 0.2) is 0 Å². The Morgan fingerprint density at radius 2 is 1.38 bits per heavy atom. The molecule has 0 saturated heterocycles. The molecule has 1 unspecified atom stereocenters. The van der Waals surface area contributed by atoms with Gasteiger partial charge in [0.05, 0.1) is 11.2 Å². The number of hydrogen-bond donors (Lipinski definition) is 0. The Labute approximate surface area is 150 Å².